The van der Waals surface area contributed by atoms with E-state index in [2.05, 4.69) is 0 Å². The van der Waals surface area contributed by atoms with E-state index in [1.54, 1.807) is 30.3 Å². The zero-order chi connectivity index (χ0) is 21.8. The molecule has 1 fully saturated rings. The Balaban J connectivity index is 1.78. The van der Waals surface area contributed by atoms with Gasteiger partial charge in [0.1, 0.15) is 18.3 Å². The summed E-state index contributed by atoms with van der Waals surface area (Å²) in [5.41, 5.74) is -0.388. The van der Waals surface area contributed by atoms with Crippen molar-refractivity contribution in [3.05, 3.63) is 69.8 Å². The number of anilines is 1. The molecule has 1 heterocycles. The normalized spacial score (nSPS) is 16.3. The highest BCUT2D eigenvalue weighted by molar-refractivity contribution is 5.82. The lowest BCUT2D eigenvalue weighted by Gasteiger charge is -2.39. The molecule has 2 aromatic carbocycles. The number of hydrogen-bond acceptors (Lipinski definition) is 6. The molecule has 1 saturated heterocycles. The Hall–Kier alpha value is -3.76. The molecule has 1 atom stereocenters. The lowest BCUT2D eigenvalue weighted by Crippen LogP contribution is -2.58. The quantitative estimate of drug-likeness (QED) is 0.583. The Bertz CT molecular complexity index is 972. The summed E-state index contributed by atoms with van der Waals surface area (Å²) in [6.07, 6.45) is -0.746. The maximum Gasteiger partial charge on any atom is 0.410 e. The number of ether oxygens (including phenoxy) is 1. The van der Waals surface area contributed by atoms with E-state index in [4.69, 9.17) is 4.74 Å². The van der Waals surface area contributed by atoms with Crippen LogP contribution in [0.1, 0.15) is 5.56 Å². The molecule has 0 aromatic heterocycles. The number of rotatable bonds is 5. The maximum absolute atomic E-state index is 13.7. The molecule has 1 aliphatic heterocycles. The van der Waals surface area contributed by atoms with Crippen LogP contribution in [0.4, 0.5) is 25.0 Å². The molecular weight excluding hydrogens is 404 g/mol. The van der Waals surface area contributed by atoms with Crippen molar-refractivity contribution in [3.8, 4) is 0 Å². The van der Waals surface area contributed by atoms with E-state index < -0.39 is 40.3 Å². The average Bonchev–Trinajstić information content (AvgIpc) is 2.73. The number of carbonyl (C=O) groups is 2. The molecule has 0 aliphatic carbocycles. The van der Waals surface area contributed by atoms with Gasteiger partial charge in [-0.15, -0.1) is 0 Å². The SMILES string of the molecule is O=C(O)C1CN(C(=O)OCc2ccccc2)CCN1c1cc(F)c(F)cc1[N+](=O)[O-]. The third kappa shape index (κ3) is 4.45. The molecule has 1 unspecified atom stereocenters. The van der Waals surface area contributed by atoms with Crippen LogP contribution >= 0.6 is 0 Å². The molecule has 0 spiro atoms. The molecule has 11 heteroatoms. The van der Waals surface area contributed by atoms with Crippen molar-refractivity contribution in [1.82, 2.24) is 4.90 Å². The Morgan fingerprint density at radius 1 is 1.17 bits per heavy atom. The van der Waals surface area contributed by atoms with Crippen molar-refractivity contribution in [2.24, 2.45) is 0 Å². The van der Waals surface area contributed by atoms with Gasteiger partial charge in [0.05, 0.1) is 17.5 Å². The molecule has 30 heavy (non-hydrogen) atoms. The van der Waals surface area contributed by atoms with Crippen LogP contribution in [-0.2, 0) is 16.1 Å². The summed E-state index contributed by atoms with van der Waals surface area (Å²) in [7, 11) is 0. The van der Waals surface area contributed by atoms with Gasteiger partial charge in [0, 0.05) is 19.2 Å². The topological polar surface area (TPSA) is 113 Å². The van der Waals surface area contributed by atoms with E-state index >= 15 is 0 Å². The van der Waals surface area contributed by atoms with E-state index in [0.717, 1.165) is 15.4 Å². The largest absolute Gasteiger partial charge is 0.480 e. The van der Waals surface area contributed by atoms with Crippen molar-refractivity contribution in [1.29, 1.82) is 0 Å². The Morgan fingerprint density at radius 2 is 1.83 bits per heavy atom. The zero-order valence-corrected chi connectivity index (χ0v) is 15.5. The van der Waals surface area contributed by atoms with Crippen LogP contribution in [0.5, 0.6) is 0 Å². The van der Waals surface area contributed by atoms with Crippen LogP contribution in [-0.4, -0.2) is 52.7 Å². The molecular formula is C19H17F2N3O6. The van der Waals surface area contributed by atoms with Gasteiger partial charge < -0.3 is 19.6 Å². The molecule has 0 radical (unpaired) electrons. The summed E-state index contributed by atoms with van der Waals surface area (Å²) in [5, 5.41) is 20.8. The van der Waals surface area contributed by atoms with Gasteiger partial charge in [-0.05, 0) is 5.56 Å². The minimum absolute atomic E-state index is 0.00767. The van der Waals surface area contributed by atoms with Gasteiger partial charge >= 0.3 is 12.1 Å². The summed E-state index contributed by atoms with van der Waals surface area (Å²) in [4.78, 5) is 36.7. The second-order valence-electron chi connectivity index (χ2n) is 6.55. The number of hydrogen-bond donors (Lipinski definition) is 1. The third-order valence-corrected chi connectivity index (χ3v) is 4.65. The first kappa shape index (κ1) is 21.0. The van der Waals surface area contributed by atoms with Gasteiger partial charge in [-0.1, -0.05) is 30.3 Å². The predicted molar refractivity (Wildman–Crippen MR) is 100.0 cm³/mol. The van der Waals surface area contributed by atoms with Crippen LogP contribution < -0.4 is 4.90 Å². The highest BCUT2D eigenvalue weighted by Gasteiger charge is 2.38. The summed E-state index contributed by atoms with van der Waals surface area (Å²) in [6, 6.07) is 8.46. The molecule has 1 aliphatic rings. The summed E-state index contributed by atoms with van der Waals surface area (Å²) < 4.78 is 32.4. The lowest BCUT2D eigenvalue weighted by molar-refractivity contribution is -0.384. The first-order valence-electron chi connectivity index (χ1n) is 8.86. The number of carbonyl (C=O) groups excluding carboxylic acids is 1. The molecule has 158 valence electrons. The second kappa shape index (κ2) is 8.72. The monoisotopic (exact) mass is 421 g/mol. The molecule has 1 amide bonds. The molecule has 0 saturated carbocycles. The van der Waals surface area contributed by atoms with Gasteiger partial charge in [-0.3, -0.25) is 10.1 Å². The summed E-state index contributed by atoms with van der Waals surface area (Å²) in [6.45, 7) is -0.526. The fourth-order valence-corrected chi connectivity index (χ4v) is 3.16. The van der Waals surface area contributed by atoms with Crippen molar-refractivity contribution in [3.63, 3.8) is 0 Å². The molecule has 1 N–H and O–H groups in total. The van der Waals surface area contributed by atoms with E-state index in [-0.39, 0.29) is 31.9 Å². The highest BCUT2D eigenvalue weighted by Crippen LogP contribution is 2.33. The van der Waals surface area contributed by atoms with Gasteiger partial charge in [-0.25, -0.2) is 18.4 Å². The van der Waals surface area contributed by atoms with Crippen molar-refractivity contribution in [2.75, 3.05) is 24.5 Å². The van der Waals surface area contributed by atoms with E-state index in [1.165, 1.54) is 0 Å². The van der Waals surface area contributed by atoms with Gasteiger partial charge in [-0.2, -0.15) is 0 Å². The lowest BCUT2D eigenvalue weighted by atomic mass is 10.1. The Morgan fingerprint density at radius 3 is 2.47 bits per heavy atom. The maximum atomic E-state index is 13.7. The number of nitro groups is 1. The molecule has 0 bridgehead atoms. The fourth-order valence-electron chi connectivity index (χ4n) is 3.16. The van der Waals surface area contributed by atoms with Gasteiger partial charge in [0.25, 0.3) is 5.69 Å². The number of aliphatic carboxylic acids is 1. The fraction of sp³-hybridized carbons (Fsp3) is 0.263. The number of nitro benzene ring substituents is 1. The first-order valence-corrected chi connectivity index (χ1v) is 8.86. The molecule has 3 rings (SSSR count). The van der Waals surface area contributed by atoms with Crippen molar-refractivity contribution < 1.29 is 33.1 Å². The van der Waals surface area contributed by atoms with Crippen LogP contribution in [0.3, 0.4) is 0 Å². The van der Waals surface area contributed by atoms with Crippen molar-refractivity contribution in [2.45, 2.75) is 12.6 Å². The number of benzene rings is 2. The van der Waals surface area contributed by atoms with Gasteiger partial charge in [0.2, 0.25) is 0 Å². The summed E-state index contributed by atoms with van der Waals surface area (Å²) >= 11 is 0. The number of carboxylic acids is 1. The van der Waals surface area contributed by atoms with Crippen LogP contribution in [0.2, 0.25) is 0 Å². The minimum atomic E-state index is -1.42. The standard InChI is InChI=1S/C19H17F2N3O6/c20-13-8-15(16(24(28)29)9-14(13)21)23-7-6-22(10-17(23)18(25)26)19(27)30-11-12-4-2-1-3-5-12/h1-5,8-9,17H,6-7,10-11H2,(H,25,26). The van der Waals surface area contributed by atoms with Crippen molar-refractivity contribution >= 4 is 23.4 Å². The van der Waals surface area contributed by atoms with Crippen LogP contribution in [0, 0.1) is 21.7 Å². The minimum Gasteiger partial charge on any atom is -0.480 e. The molecule has 2 aromatic rings. The smallest absolute Gasteiger partial charge is 0.410 e. The van der Waals surface area contributed by atoms with Crippen LogP contribution in [0.15, 0.2) is 42.5 Å². The average molecular weight is 421 g/mol. The Kier molecular flexibility index (Phi) is 6.09. The van der Waals surface area contributed by atoms with Gasteiger partial charge in [0.15, 0.2) is 11.6 Å². The Labute approximate surface area is 169 Å². The second-order valence-corrected chi connectivity index (χ2v) is 6.55. The number of halogens is 2. The third-order valence-electron chi connectivity index (χ3n) is 4.65. The highest BCUT2D eigenvalue weighted by atomic mass is 19.2. The van der Waals surface area contributed by atoms with E-state index in [1.807, 2.05) is 0 Å². The number of carboxylic acid groups (broad SMARTS) is 1. The zero-order valence-electron chi connectivity index (χ0n) is 15.5. The summed E-state index contributed by atoms with van der Waals surface area (Å²) in [5.74, 6) is -4.14. The molecule has 9 nitrogen and oxygen atoms in total. The number of amides is 1. The van der Waals surface area contributed by atoms with E-state index in [9.17, 15) is 33.6 Å². The number of nitrogens with zero attached hydrogens (tertiary/aromatic N) is 3. The van der Waals surface area contributed by atoms with E-state index in [0.29, 0.717) is 12.1 Å². The predicted octanol–water partition coefficient (Wildman–Crippen LogP) is 2.79. The van der Waals surface area contributed by atoms with Crippen LogP contribution in [0.25, 0.3) is 0 Å². The number of piperazine rings is 1. The first-order chi connectivity index (χ1) is 14.3.